The number of thiophene rings is 1. The first-order chi connectivity index (χ1) is 6.75. The third kappa shape index (κ3) is 2.13. The second kappa shape index (κ2) is 4.11. The molecule has 0 unspecified atom stereocenters. The Balaban J connectivity index is 2.18. The summed E-state index contributed by atoms with van der Waals surface area (Å²) in [5.41, 5.74) is 1.08. The lowest BCUT2D eigenvalue weighted by molar-refractivity contribution is 0.897. The van der Waals surface area contributed by atoms with Crippen LogP contribution in [0.4, 0.5) is 5.13 Å². The predicted molar refractivity (Wildman–Crippen MR) is 64.2 cm³/mol. The van der Waals surface area contributed by atoms with Gasteiger partial charge in [-0.25, -0.2) is 4.98 Å². The number of thiazole rings is 1. The van der Waals surface area contributed by atoms with Crippen LogP contribution >= 0.6 is 22.7 Å². The van der Waals surface area contributed by atoms with Crippen molar-refractivity contribution in [2.45, 2.75) is 19.9 Å². The summed E-state index contributed by atoms with van der Waals surface area (Å²) < 4.78 is 0. The highest BCUT2D eigenvalue weighted by molar-refractivity contribution is 7.15. The molecular formula is C10H12N2S2. The van der Waals surface area contributed by atoms with E-state index in [0.717, 1.165) is 10.8 Å². The van der Waals surface area contributed by atoms with E-state index in [9.17, 15) is 0 Å². The van der Waals surface area contributed by atoms with Gasteiger partial charge in [0, 0.05) is 11.4 Å². The molecule has 0 aliphatic rings. The average molecular weight is 224 g/mol. The Morgan fingerprint density at radius 1 is 1.36 bits per heavy atom. The van der Waals surface area contributed by atoms with Crippen LogP contribution in [0.15, 0.2) is 22.9 Å². The molecule has 0 radical (unpaired) electrons. The summed E-state index contributed by atoms with van der Waals surface area (Å²) in [7, 11) is 0. The maximum Gasteiger partial charge on any atom is 0.183 e. The van der Waals surface area contributed by atoms with Crippen molar-refractivity contribution in [3.05, 3.63) is 22.9 Å². The summed E-state index contributed by atoms with van der Waals surface area (Å²) in [4.78, 5) is 5.75. The van der Waals surface area contributed by atoms with Crippen molar-refractivity contribution in [2.75, 3.05) is 5.32 Å². The van der Waals surface area contributed by atoms with Crippen LogP contribution in [0.3, 0.4) is 0 Å². The molecule has 14 heavy (non-hydrogen) atoms. The number of aromatic nitrogens is 1. The molecule has 0 saturated heterocycles. The molecule has 4 heteroatoms. The Morgan fingerprint density at radius 2 is 2.21 bits per heavy atom. The van der Waals surface area contributed by atoms with Gasteiger partial charge in [-0.3, -0.25) is 0 Å². The number of rotatable bonds is 3. The maximum absolute atomic E-state index is 4.51. The van der Waals surface area contributed by atoms with Gasteiger partial charge in [-0.1, -0.05) is 6.07 Å². The fourth-order valence-corrected chi connectivity index (χ4v) is 2.74. The van der Waals surface area contributed by atoms with E-state index in [1.807, 2.05) is 0 Å². The molecule has 74 valence electrons. The van der Waals surface area contributed by atoms with E-state index in [0.29, 0.717) is 6.04 Å². The number of anilines is 1. The van der Waals surface area contributed by atoms with E-state index in [-0.39, 0.29) is 0 Å². The van der Waals surface area contributed by atoms with Crippen LogP contribution in [0.25, 0.3) is 10.6 Å². The molecule has 0 atom stereocenters. The highest BCUT2D eigenvalue weighted by Crippen LogP contribution is 2.28. The van der Waals surface area contributed by atoms with Gasteiger partial charge in [0.25, 0.3) is 0 Å². The second-order valence-corrected chi connectivity index (χ2v) is 5.12. The Labute approximate surface area is 91.6 Å². The van der Waals surface area contributed by atoms with E-state index >= 15 is 0 Å². The van der Waals surface area contributed by atoms with Gasteiger partial charge in [0.2, 0.25) is 0 Å². The minimum absolute atomic E-state index is 0.442. The first kappa shape index (κ1) is 9.68. The highest BCUT2D eigenvalue weighted by atomic mass is 32.1. The van der Waals surface area contributed by atoms with Gasteiger partial charge in [0.1, 0.15) is 0 Å². The molecule has 1 N–H and O–H groups in total. The van der Waals surface area contributed by atoms with Crippen LogP contribution in [-0.2, 0) is 0 Å². The van der Waals surface area contributed by atoms with Crippen molar-refractivity contribution in [3.8, 4) is 10.6 Å². The number of nitrogens with one attached hydrogen (secondary N) is 1. The zero-order valence-corrected chi connectivity index (χ0v) is 9.78. The van der Waals surface area contributed by atoms with Crippen molar-refractivity contribution >= 4 is 27.8 Å². The zero-order valence-electron chi connectivity index (χ0n) is 8.15. The van der Waals surface area contributed by atoms with Crippen molar-refractivity contribution in [2.24, 2.45) is 0 Å². The quantitative estimate of drug-likeness (QED) is 0.860. The highest BCUT2D eigenvalue weighted by Gasteiger charge is 2.05. The topological polar surface area (TPSA) is 24.9 Å². The molecule has 2 rings (SSSR count). The fourth-order valence-electron chi connectivity index (χ4n) is 1.12. The summed E-state index contributed by atoms with van der Waals surface area (Å²) in [6, 6.07) is 4.59. The summed E-state index contributed by atoms with van der Waals surface area (Å²) in [6.45, 7) is 4.23. The van der Waals surface area contributed by atoms with E-state index < -0.39 is 0 Å². The third-order valence-corrected chi connectivity index (χ3v) is 3.36. The monoisotopic (exact) mass is 224 g/mol. The van der Waals surface area contributed by atoms with Gasteiger partial charge in [-0.2, -0.15) is 0 Å². The lowest BCUT2D eigenvalue weighted by Crippen LogP contribution is -2.08. The van der Waals surface area contributed by atoms with E-state index in [2.05, 4.69) is 47.0 Å². The van der Waals surface area contributed by atoms with Crippen LogP contribution in [0.5, 0.6) is 0 Å². The van der Waals surface area contributed by atoms with Crippen molar-refractivity contribution < 1.29 is 0 Å². The molecule has 0 bridgehead atoms. The van der Waals surface area contributed by atoms with Crippen LogP contribution in [0.2, 0.25) is 0 Å². The van der Waals surface area contributed by atoms with E-state index in [1.165, 1.54) is 4.88 Å². The van der Waals surface area contributed by atoms with Gasteiger partial charge < -0.3 is 5.32 Å². The van der Waals surface area contributed by atoms with Crippen LogP contribution < -0.4 is 5.32 Å². The summed E-state index contributed by atoms with van der Waals surface area (Å²) in [5.74, 6) is 0. The second-order valence-electron chi connectivity index (χ2n) is 3.31. The van der Waals surface area contributed by atoms with Crippen LogP contribution in [0, 0.1) is 0 Å². The first-order valence-electron chi connectivity index (χ1n) is 4.51. The zero-order chi connectivity index (χ0) is 9.97. The van der Waals surface area contributed by atoms with Crippen LogP contribution in [0.1, 0.15) is 13.8 Å². The normalized spacial score (nSPS) is 10.8. The molecule has 0 aromatic carbocycles. The van der Waals surface area contributed by atoms with Crippen LogP contribution in [-0.4, -0.2) is 11.0 Å². The van der Waals surface area contributed by atoms with Gasteiger partial charge >= 0.3 is 0 Å². The lowest BCUT2D eigenvalue weighted by Gasteiger charge is -2.04. The molecule has 2 aromatic rings. The largest absolute Gasteiger partial charge is 0.359 e. The molecule has 0 aliphatic heterocycles. The smallest absolute Gasteiger partial charge is 0.183 e. The van der Waals surface area contributed by atoms with Crippen molar-refractivity contribution in [1.29, 1.82) is 0 Å². The Hall–Kier alpha value is -0.870. The maximum atomic E-state index is 4.51. The van der Waals surface area contributed by atoms with Gasteiger partial charge in [0.15, 0.2) is 5.13 Å². The van der Waals surface area contributed by atoms with Gasteiger partial charge in [-0.05, 0) is 25.3 Å². The Kier molecular flexibility index (Phi) is 2.84. The molecule has 2 nitrogen and oxygen atoms in total. The molecule has 0 amide bonds. The number of nitrogens with zero attached hydrogens (tertiary/aromatic N) is 1. The number of hydrogen-bond donors (Lipinski definition) is 1. The molecule has 0 aliphatic carbocycles. The lowest BCUT2D eigenvalue weighted by atomic mass is 10.4. The van der Waals surface area contributed by atoms with Gasteiger partial charge in [-0.15, -0.1) is 22.7 Å². The van der Waals surface area contributed by atoms with Crippen molar-refractivity contribution in [1.82, 2.24) is 4.98 Å². The Bertz CT molecular complexity index is 390. The Morgan fingerprint density at radius 3 is 2.86 bits per heavy atom. The number of hydrogen-bond acceptors (Lipinski definition) is 4. The van der Waals surface area contributed by atoms with E-state index in [4.69, 9.17) is 0 Å². The molecule has 2 aromatic heterocycles. The predicted octanol–water partition coefficient (Wildman–Crippen LogP) is 3.69. The summed E-state index contributed by atoms with van der Waals surface area (Å²) in [5, 5.41) is 8.47. The van der Waals surface area contributed by atoms with Gasteiger partial charge in [0.05, 0.1) is 10.6 Å². The first-order valence-corrected chi connectivity index (χ1v) is 6.27. The standard InChI is InChI=1S/C10H12N2S2/c1-7(2)11-10-12-8(6-14-10)9-4-3-5-13-9/h3-7H,1-2H3,(H,11,12). The summed E-state index contributed by atoms with van der Waals surface area (Å²) in [6.07, 6.45) is 0. The SMILES string of the molecule is CC(C)Nc1nc(-c2cccs2)cs1. The average Bonchev–Trinajstić information content (AvgIpc) is 2.69. The summed E-state index contributed by atoms with van der Waals surface area (Å²) >= 11 is 3.39. The van der Waals surface area contributed by atoms with Crippen molar-refractivity contribution in [3.63, 3.8) is 0 Å². The molecular weight excluding hydrogens is 212 g/mol. The fraction of sp³-hybridized carbons (Fsp3) is 0.300. The molecule has 0 fully saturated rings. The molecule has 0 spiro atoms. The molecule has 0 saturated carbocycles. The third-order valence-electron chi connectivity index (χ3n) is 1.69. The van der Waals surface area contributed by atoms with E-state index in [1.54, 1.807) is 22.7 Å². The minimum Gasteiger partial charge on any atom is -0.359 e. The minimum atomic E-state index is 0.442. The molecule has 2 heterocycles.